The van der Waals surface area contributed by atoms with E-state index in [2.05, 4.69) is 10.6 Å². The van der Waals surface area contributed by atoms with Gasteiger partial charge in [0.15, 0.2) is 0 Å². The molecular weight excluding hydrogens is 401 g/mol. The summed E-state index contributed by atoms with van der Waals surface area (Å²) in [6, 6.07) is 4.62. The highest BCUT2D eigenvalue weighted by atomic mass is 19.1. The van der Waals surface area contributed by atoms with Gasteiger partial charge in [0.05, 0.1) is 0 Å². The molecule has 3 amide bonds. The lowest BCUT2D eigenvalue weighted by atomic mass is 10.1. The molecule has 0 spiro atoms. The molecule has 170 valence electrons. The minimum absolute atomic E-state index is 0.0343. The predicted molar refractivity (Wildman–Crippen MR) is 114 cm³/mol. The average molecular weight is 434 g/mol. The van der Waals surface area contributed by atoms with Crippen molar-refractivity contribution in [1.82, 2.24) is 15.5 Å². The molecule has 1 saturated heterocycles. The molecule has 2 atom stereocenters. The number of alkyl carbamates (subject to hydrolysis) is 1. The van der Waals surface area contributed by atoms with E-state index >= 15 is 0 Å². The minimum Gasteiger partial charge on any atom is -0.444 e. The quantitative estimate of drug-likeness (QED) is 0.744. The molecular formula is C23H32FN3O4. The maximum Gasteiger partial charge on any atom is 0.408 e. The molecule has 2 N–H and O–H groups in total. The smallest absolute Gasteiger partial charge is 0.408 e. The van der Waals surface area contributed by atoms with Gasteiger partial charge in [0, 0.05) is 29.8 Å². The van der Waals surface area contributed by atoms with Crippen LogP contribution in [0.1, 0.15) is 76.2 Å². The summed E-state index contributed by atoms with van der Waals surface area (Å²) in [7, 11) is 0. The van der Waals surface area contributed by atoms with Crippen molar-refractivity contribution in [2.24, 2.45) is 0 Å². The Balaban J connectivity index is 1.59. The number of likely N-dealkylation sites (tertiary alicyclic amines) is 1. The lowest BCUT2D eigenvalue weighted by Crippen LogP contribution is -2.50. The molecule has 1 aliphatic carbocycles. The van der Waals surface area contributed by atoms with Crippen molar-refractivity contribution in [1.29, 1.82) is 0 Å². The summed E-state index contributed by atoms with van der Waals surface area (Å²) in [5.74, 6) is -1.10. The van der Waals surface area contributed by atoms with E-state index in [0.717, 1.165) is 12.8 Å². The van der Waals surface area contributed by atoms with Gasteiger partial charge < -0.3 is 20.3 Å². The summed E-state index contributed by atoms with van der Waals surface area (Å²) >= 11 is 0. The Morgan fingerprint density at radius 3 is 2.29 bits per heavy atom. The van der Waals surface area contributed by atoms with Crippen LogP contribution in [0, 0.1) is 5.82 Å². The summed E-state index contributed by atoms with van der Waals surface area (Å²) < 4.78 is 19.9. The number of rotatable bonds is 5. The number of hydrogen-bond donors (Lipinski definition) is 2. The van der Waals surface area contributed by atoms with E-state index < -0.39 is 23.1 Å². The first-order valence-corrected chi connectivity index (χ1v) is 10.8. The van der Waals surface area contributed by atoms with Crippen molar-refractivity contribution in [2.75, 3.05) is 0 Å². The van der Waals surface area contributed by atoms with Crippen LogP contribution in [0.4, 0.5) is 9.18 Å². The van der Waals surface area contributed by atoms with Gasteiger partial charge in [0.25, 0.3) is 5.91 Å². The molecule has 2 fully saturated rings. The third-order valence-electron chi connectivity index (χ3n) is 5.85. The first-order valence-electron chi connectivity index (χ1n) is 10.8. The number of hydrogen-bond acceptors (Lipinski definition) is 4. The molecule has 0 radical (unpaired) electrons. The fraction of sp³-hybridized carbons (Fsp3) is 0.609. The summed E-state index contributed by atoms with van der Waals surface area (Å²) in [4.78, 5) is 39.1. The second kappa shape index (κ2) is 8.48. The molecule has 8 heteroatoms. The first-order chi connectivity index (χ1) is 14.4. The van der Waals surface area contributed by atoms with Gasteiger partial charge >= 0.3 is 6.09 Å². The molecule has 0 aromatic heterocycles. The standard InChI is InChI=1S/C23H32FN3O4/c1-14-6-7-15(2)27(14)19(28)16-8-9-17(18(24)12-16)13-25-20(29)23(10-11-23)26-21(30)31-22(3,4)5/h8-9,12,14-15H,6-7,10-11,13H2,1-5H3,(H,25,29)(H,26,30). The number of ether oxygens (including phenoxy) is 1. The summed E-state index contributed by atoms with van der Waals surface area (Å²) in [5.41, 5.74) is -1.08. The Bertz CT molecular complexity index is 866. The monoisotopic (exact) mass is 433 g/mol. The van der Waals surface area contributed by atoms with Gasteiger partial charge in [-0.1, -0.05) is 6.07 Å². The largest absolute Gasteiger partial charge is 0.444 e. The van der Waals surface area contributed by atoms with Crippen molar-refractivity contribution in [3.05, 3.63) is 35.1 Å². The minimum atomic E-state index is -1.00. The molecule has 1 aliphatic heterocycles. The fourth-order valence-electron chi connectivity index (χ4n) is 3.95. The number of benzene rings is 1. The van der Waals surface area contributed by atoms with Crippen LogP contribution in [-0.4, -0.2) is 46.0 Å². The molecule has 7 nitrogen and oxygen atoms in total. The Kier molecular flexibility index (Phi) is 6.30. The maximum atomic E-state index is 14.6. The van der Waals surface area contributed by atoms with Crippen LogP contribution in [0.3, 0.4) is 0 Å². The summed E-state index contributed by atoms with van der Waals surface area (Å²) in [6.45, 7) is 9.20. The van der Waals surface area contributed by atoms with E-state index in [4.69, 9.17) is 4.74 Å². The zero-order valence-electron chi connectivity index (χ0n) is 18.9. The van der Waals surface area contributed by atoms with Crippen molar-refractivity contribution in [3.63, 3.8) is 0 Å². The lowest BCUT2D eigenvalue weighted by molar-refractivity contribution is -0.124. The normalized spacial score (nSPS) is 22.1. The van der Waals surface area contributed by atoms with Crippen LogP contribution >= 0.6 is 0 Å². The summed E-state index contributed by atoms with van der Waals surface area (Å²) in [6.07, 6.45) is 2.23. The number of carbonyl (C=O) groups excluding carboxylic acids is 3. The predicted octanol–water partition coefficient (Wildman–Crippen LogP) is 3.51. The number of amides is 3. The van der Waals surface area contributed by atoms with E-state index in [1.807, 2.05) is 13.8 Å². The van der Waals surface area contributed by atoms with Gasteiger partial charge in [-0.25, -0.2) is 9.18 Å². The van der Waals surface area contributed by atoms with E-state index in [1.165, 1.54) is 12.1 Å². The van der Waals surface area contributed by atoms with Gasteiger partial charge in [-0.15, -0.1) is 0 Å². The number of halogens is 1. The highest BCUT2D eigenvalue weighted by Gasteiger charge is 2.51. The van der Waals surface area contributed by atoms with Gasteiger partial charge in [-0.05, 0) is 72.4 Å². The SMILES string of the molecule is CC1CCC(C)N1C(=O)c1ccc(CNC(=O)C2(NC(=O)OC(C)(C)C)CC2)c(F)c1. The van der Waals surface area contributed by atoms with Crippen LogP contribution < -0.4 is 10.6 Å². The van der Waals surface area contributed by atoms with Crippen LogP contribution in [-0.2, 0) is 16.1 Å². The molecule has 1 heterocycles. The molecule has 1 aromatic rings. The van der Waals surface area contributed by atoms with E-state index in [0.29, 0.717) is 18.4 Å². The average Bonchev–Trinajstić information content (AvgIpc) is 3.36. The van der Waals surface area contributed by atoms with Crippen molar-refractivity contribution >= 4 is 17.9 Å². The van der Waals surface area contributed by atoms with Crippen molar-refractivity contribution < 1.29 is 23.5 Å². The van der Waals surface area contributed by atoms with Gasteiger partial charge in [0.2, 0.25) is 5.91 Å². The molecule has 3 rings (SSSR count). The Morgan fingerprint density at radius 2 is 1.77 bits per heavy atom. The number of nitrogens with one attached hydrogen (secondary N) is 2. The molecule has 2 unspecified atom stereocenters. The van der Waals surface area contributed by atoms with E-state index in [1.54, 1.807) is 31.7 Å². The highest BCUT2D eigenvalue weighted by Crippen LogP contribution is 2.36. The maximum absolute atomic E-state index is 14.6. The van der Waals surface area contributed by atoms with Crippen LogP contribution in [0.2, 0.25) is 0 Å². The number of carbonyl (C=O) groups is 3. The molecule has 1 saturated carbocycles. The van der Waals surface area contributed by atoms with Crippen LogP contribution in [0.25, 0.3) is 0 Å². The Labute approximate surface area is 182 Å². The zero-order chi connectivity index (χ0) is 23.0. The Morgan fingerprint density at radius 1 is 1.16 bits per heavy atom. The van der Waals surface area contributed by atoms with Crippen molar-refractivity contribution in [3.8, 4) is 0 Å². The van der Waals surface area contributed by atoms with E-state index in [9.17, 15) is 18.8 Å². The third kappa shape index (κ3) is 5.35. The lowest BCUT2D eigenvalue weighted by Gasteiger charge is -2.26. The summed E-state index contributed by atoms with van der Waals surface area (Å²) in [5, 5.41) is 5.31. The van der Waals surface area contributed by atoms with Gasteiger partial charge in [-0.2, -0.15) is 0 Å². The second-order valence-electron chi connectivity index (χ2n) is 9.69. The molecule has 1 aromatic carbocycles. The molecule has 31 heavy (non-hydrogen) atoms. The van der Waals surface area contributed by atoms with Crippen LogP contribution in [0.5, 0.6) is 0 Å². The zero-order valence-corrected chi connectivity index (χ0v) is 18.9. The molecule has 0 bridgehead atoms. The number of nitrogens with zero attached hydrogens (tertiary/aromatic N) is 1. The first kappa shape index (κ1) is 23.0. The van der Waals surface area contributed by atoms with Gasteiger partial charge in [-0.3, -0.25) is 9.59 Å². The third-order valence-corrected chi connectivity index (χ3v) is 5.85. The van der Waals surface area contributed by atoms with Crippen molar-refractivity contribution in [2.45, 2.75) is 90.1 Å². The highest BCUT2D eigenvalue weighted by molar-refractivity contribution is 5.95. The molecule has 2 aliphatic rings. The Hall–Kier alpha value is -2.64. The second-order valence-corrected chi connectivity index (χ2v) is 9.69. The van der Waals surface area contributed by atoms with Gasteiger partial charge in [0.1, 0.15) is 17.0 Å². The fourth-order valence-corrected chi connectivity index (χ4v) is 3.95. The topological polar surface area (TPSA) is 87.7 Å². The van der Waals surface area contributed by atoms with Crippen LogP contribution in [0.15, 0.2) is 18.2 Å². The van der Waals surface area contributed by atoms with E-state index in [-0.39, 0.29) is 36.0 Å².